The van der Waals surface area contributed by atoms with Crippen molar-refractivity contribution in [3.05, 3.63) is 35.6 Å². The number of carbonyl (C=O) groups is 1. The van der Waals surface area contributed by atoms with Gasteiger partial charge in [-0.1, -0.05) is 35.8 Å². The first-order valence-electron chi connectivity index (χ1n) is 5.24. The second kappa shape index (κ2) is 4.42. The topological polar surface area (TPSA) is 30.2 Å². The van der Waals surface area contributed by atoms with Crippen LogP contribution in [0.4, 0.5) is 0 Å². The first-order valence-corrected chi connectivity index (χ1v) is 6.36. The number of hydrogen-bond donors (Lipinski definition) is 0. The summed E-state index contributed by atoms with van der Waals surface area (Å²) < 4.78 is 5.48. The number of rotatable bonds is 3. The van der Waals surface area contributed by atoms with Gasteiger partial charge in [0.25, 0.3) is 0 Å². The number of furan rings is 1. The highest BCUT2D eigenvalue weighted by atomic mass is 79.9. The molecule has 0 saturated carbocycles. The number of ketones is 1. The summed E-state index contributed by atoms with van der Waals surface area (Å²) in [6, 6.07) is 7.86. The van der Waals surface area contributed by atoms with E-state index >= 15 is 0 Å². The molecular weight excluding hydrogens is 268 g/mol. The van der Waals surface area contributed by atoms with Crippen LogP contribution in [0.5, 0.6) is 0 Å². The average Bonchev–Trinajstić information content (AvgIpc) is 2.70. The molecule has 0 saturated heterocycles. The van der Waals surface area contributed by atoms with E-state index in [0.717, 1.165) is 11.0 Å². The fourth-order valence-electron chi connectivity index (χ4n) is 1.62. The second-order valence-corrected chi connectivity index (χ2v) is 4.68. The second-order valence-electron chi connectivity index (χ2n) is 4.12. The van der Waals surface area contributed by atoms with Crippen LogP contribution < -0.4 is 0 Å². The Morgan fingerprint density at radius 3 is 2.75 bits per heavy atom. The number of halogens is 1. The van der Waals surface area contributed by atoms with Crippen molar-refractivity contribution < 1.29 is 9.21 Å². The summed E-state index contributed by atoms with van der Waals surface area (Å²) in [6.07, 6.45) is 0. The zero-order valence-corrected chi connectivity index (χ0v) is 10.9. The van der Waals surface area contributed by atoms with Crippen molar-refractivity contribution >= 4 is 32.7 Å². The Kier molecular flexibility index (Phi) is 3.15. The lowest BCUT2D eigenvalue weighted by atomic mass is 10.0. The zero-order valence-electron chi connectivity index (χ0n) is 9.29. The van der Waals surface area contributed by atoms with Crippen LogP contribution in [0.25, 0.3) is 11.0 Å². The third-order valence-electron chi connectivity index (χ3n) is 2.60. The van der Waals surface area contributed by atoms with Crippen LogP contribution in [-0.4, -0.2) is 11.1 Å². The van der Waals surface area contributed by atoms with Gasteiger partial charge in [0, 0.05) is 5.39 Å². The highest BCUT2D eigenvalue weighted by molar-refractivity contribution is 9.09. The number of benzene rings is 1. The maximum Gasteiger partial charge on any atom is 0.208 e. The fourth-order valence-corrected chi connectivity index (χ4v) is 1.90. The van der Waals surface area contributed by atoms with Crippen LogP contribution in [0, 0.1) is 0 Å². The first-order chi connectivity index (χ1) is 7.61. The van der Waals surface area contributed by atoms with Gasteiger partial charge in [0.05, 0.1) is 5.33 Å². The lowest BCUT2D eigenvalue weighted by Crippen LogP contribution is -1.96. The monoisotopic (exact) mass is 280 g/mol. The minimum Gasteiger partial charge on any atom is -0.453 e. The number of Topliss-reactive ketones (excluding diaryl/α,β-unsaturated/α-hetero) is 1. The number of fused-ring (bicyclic) bond motifs is 1. The number of alkyl halides is 1. The number of hydrogen-bond acceptors (Lipinski definition) is 2. The molecule has 3 heteroatoms. The van der Waals surface area contributed by atoms with Gasteiger partial charge in [-0.25, -0.2) is 0 Å². The Morgan fingerprint density at radius 1 is 1.38 bits per heavy atom. The van der Waals surface area contributed by atoms with E-state index in [4.69, 9.17) is 4.42 Å². The van der Waals surface area contributed by atoms with Crippen LogP contribution in [-0.2, 0) is 0 Å². The van der Waals surface area contributed by atoms with Crippen LogP contribution in [0.3, 0.4) is 0 Å². The van der Waals surface area contributed by atoms with Crippen molar-refractivity contribution in [2.75, 3.05) is 5.33 Å². The average molecular weight is 281 g/mol. The van der Waals surface area contributed by atoms with Gasteiger partial charge in [0.2, 0.25) is 5.78 Å². The molecule has 1 aromatic carbocycles. The molecule has 16 heavy (non-hydrogen) atoms. The van der Waals surface area contributed by atoms with Crippen LogP contribution in [0.15, 0.2) is 28.7 Å². The van der Waals surface area contributed by atoms with Crippen molar-refractivity contribution in [1.29, 1.82) is 0 Å². The van der Waals surface area contributed by atoms with Crippen molar-refractivity contribution in [3.63, 3.8) is 0 Å². The summed E-state index contributed by atoms with van der Waals surface area (Å²) in [4.78, 5) is 11.5. The van der Waals surface area contributed by atoms with Gasteiger partial charge >= 0.3 is 0 Å². The summed E-state index contributed by atoms with van der Waals surface area (Å²) in [6.45, 7) is 4.29. The molecule has 0 atom stereocenters. The zero-order chi connectivity index (χ0) is 11.7. The van der Waals surface area contributed by atoms with Crippen molar-refractivity contribution in [2.45, 2.75) is 19.8 Å². The summed E-state index contributed by atoms with van der Waals surface area (Å²) in [5.74, 6) is 0.879. The molecule has 0 radical (unpaired) electrons. The SMILES string of the molecule is CC(C)c1ccc2oc(C(=O)CBr)cc2c1. The smallest absolute Gasteiger partial charge is 0.208 e. The fraction of sp³-hybridized carbons (Fsp3) is 0.308. The minimum absolute atomic E-state index is 0.0257. The van der Waals surface area contributed by atoms with E-state index in [1.54, 1.807) is 0 Å². The highest BCUT2D eigenvalue weighted by Crippen LogP contribution is 2.24. The lowest BCUT2D eigenvalue weighted by molar-refractivity contribution is 0.0995. The van der Waals surface area contributed by atoms with E-state index in [-0.39, 0.29) is 5.78 Å². The van der Waals surface area contributed by atoms with E-state index in [1.807, 2.05) is 18.2 Å². The molecule has 0 amide bonds. The van der Waals surface area contributed by atoms with Gasteiger partial charge in [0.15, 0.2) is 5.76 Å². The van der Waals surface area contributed by atoms with Crippen LogP contribution >= 0.6 is 15.9 Å². The standard InChI is InChI=1S/C13H13BrO2/c1-8(2)9-3-4-12-10(5-9)6-13(16-12)11(15)7-14/h3-6,8H,7H2,1-2H3. The quantitative estimate of drug-likeness (QED) is 0.625. The molecule has 1 heterocycles. The largest absolute Gasteiger partial charge is 0.453 e. The van der Waals surface area contributed by atoms with Gasteiger partial charge in [-0.2, -0.15) is 0 Å². The van der Waals surface area contributed by atoms with Gasteiger partial charge in [-0.15, -0.1) is 0 Å². The predicted molar refractivity (Wildman–Crippen MR) is 68.4 cm³/mol. The number of carbonyl (C=O) groups excluding carboxylic acids is 1. The third kappa shape index (κ3) is 2.05. The van der Waals surface area contributed by atoms with E-state index < -0.39 is 0 Å². The highest BCUT2D eigenvalue weighted by Gasteiger charge is 2.11. The Hall–Kier alpha value is -1.09. The van der Waals surface area contributed by atoms with Crippen molar-refractivity contribution in [2.24, 2.45) is 0 Å². The molecule has 84 valence electrons. The Balaban J connectivity index is 2.50. The molecule has 0 N–H and O–H groups in total. The predicted octanol–water partition coefficient (Wildman–Crippen LogP) is 4.13. The summed E-state index contributed by atoms with van der Waals surface area (Å²) in [7, 11) is 0. The van der Waals surface area contributed by atoms with Crippen LogP contribution in [0.1, 0.15) is 35.9 Å². The summed E-state index contributed by atoms with van der Waals surface area (Å²) >= 11 is 3.14. The molecule has 2 rings (SSSR count). The molecule has 0 bridgehead atoms. The molecular formula is C13H13BrO2. The molecule has 0 aliphatic heterocycles. The summed E-state index contributed by atoms with van der Waals surface area (Å²) in [5.41, 5.74) is 2.03. The Bertz CT molecular complexity index is 526. The van der Waals surface area contributed by atoms with E-state index in [1.165, 1.54) is 5.56 Å². The van der Waals surface area contributed by atoms with Gasteiger partial charge in [-0.05, 0) is 29.7 Å². The molecule has 0 spiro atoms. The van der Waals surface area contributed by atoms with Gasteiger partial charge < -0.3 is 4.42 Å². The van der Waals surface area contributed by atoms with Gasteiger partial charge in [0.1, 0.15) is 5.58 Å². The summed E-state index contributed by atoms with van der Waals surface area (Å²) in [5, 5.41) is 1.29. The third-order valence-corrected chi connectivity index (χ3v) is 3.11. The van der Waals surface area contributed by atoms with Crippen molar-refractivity contribution in [3.8, 4) is 0 Å². The van der Waals surface area contributed by atoms with Crippen molar-refractivity contribution in [1.82, 2.24) is 0 Å². The normalized spacial score (nSPS) is 11.2. The molecule has 0 unspecified atom stereocenters. The molecule has 2 aromatic rings. The minimum atomic E-state index is -0.0257. The van der Waals surface area contributed by atoms with E-state index in [0.29, 0.717) is 17.0 Å². The molecule has 0 aliphatic carbocycles. The maximum atomic E-state index is 11.5. The Labute approximate surface area is 103 Å². The van der Waals surface area contributed by atoms with E-state index in [2.05, 4.69) is 35.8 Å². The maximum absolute atomic E-state index is 11.5. The Morgan fingerprint density at radius 2 is 2.12 bits per heavy atom. The molecule has 2 nitrogen and oxygen atoms in total. The first kappa shape index (κ1) is 11.4. The van der Waals surface area contributed by atoms with E-state index in [9.17, 15) is 4.79 Å². The van der Waals surface area contributed by atoms with Gasteiger partial charge in [-0.3, -0.25) is 4.79 Å². The molecule has 1 aromatic heterocycles. The van der Waals surface area contributed by atoms with Crippen LogP contribution in [0.2, 0.25) is 0 Å². The molecule has 0 aliphatic rings. The lowest BCUT2D eigenvalue weighted by Gasteiger charge is -2.03. The molecule has 0 fully saturated rings.